The highest BCUT2D eigenvalue weighted by Crippen LogP contribution is 2.26. The van der Waals surface area contributed by atoms with Crippen LogP contribution < -0.4 is 5.32 Å². The number of carbonyl (C=O) groups is 4. The molecule has 0 aromatic heterocycles. The molecule has 1 fully saturated rings. The van der Waals surface area contributed by atoms with Gasteiger partial charge in [0.25, 0.3) is 11.8 Å². The van der Waals surface area contributed by atoms with Crippen LogP contribution in [0.5, 0.6) is 0 Å². The SMILES string of the molecule is O=C(CN1C(=O)c2ccc(Br)cc2C1=O)NCC1CCN(C(=O)C(F)(F)F)CC1. The van der Waals surface area contributed by atoms with Gasteiger partial charge in [-0.1, -0.05) is 15.9 Å². The minimum absolute atomic E-state index is 0.0356. The Morgan fingerprint density at radius 3 is 2.34 bits per heavy atom. The van der Waals surface area contributed by atoms with Crippen LogP contribution in [-0.2, 0) is 9.59 Å². The molecule has 11 heteroatoms. The average Bonchev–Trinajstić information content (AvgIpc) is 2.90. The molecule has 1 aromatic carbocycles. The Morgan fingerprint density at radius 2 is 1.72 bits per heavy atom. The van der Waals surface area contributed by atoms with E-state index in [1.807, 2.05) is 0 Å². The number of likely N-dealkylation sites (tertiary alicyclic amines) is 1. The van der Waals surface area contributed by atoms with Gasteiger partial charge in [-0.3, -0.25) is 24.1 Å². The first-order chi connectivity index (χ1) is 13.6. The maximum Gasteiger partial charge on any atom is 0.471 e. The van der Waals surface area contributed by atoms with Gasteiger partial charge in [0, 0.05) is 24.1 Å². The molecular formula is C18H17BrF3N3O4. The molecule has 0 saturated carbocycles. The van der Waals surface area contributed by atoms with Crippen LogP contribution in [0.2, 0.25) is 0 Å². The van der Waals surface area contributed by atoms with Gasteiger partial charge in [0.1, 0.15) is 6.54 Å². The smallest absolute Gasteiger partial charge is 0.354 e. The van der Waals surface area contributed by atoms with Gasteiger partial charge in [-0.25, -0.2) is 0 Å². The lowest BCUT2D eigenvalue weighted by Crippen LogP contribution is -2.47. The summed E-state index contributed by atoms with van der Waals surface area (Å²) >= 11 is 3.23. The largest absolute Gasteiger partial charge is 0.471 e. The van der Waals surface area contributed by atoms with Crippen LogP contribution in [-0.4, -0.2) is 65.8 Å². The number of amides is 4. The van der Waals surface area contributed by atoms with Gasteiger partial charge in [-0.15, -0.1) is 0 Å². The Kier molecular flexibility index (Phi) is 5.97. The van der Waals surface area contributed by atoms with Crippen molar-refractivity contribution in [3.05, 3.63) is 33.8 Å². The number of rotatable bonds is 4. The summed E-state index contributed by atoms with van der Waals surface area (Å²) in [5.41, 5.74) is 0.451. The number of imide groups is 1. The van der Waals surface area contributed by atoms with Gasteiger partial charge in [-0.2, -0.15) is 13.2 Å². The summed E-state index contributed by atoms with van der Waals surface area (Å²) < 4.78 is 38.0. The Morgan fingerprint density at radius 1 is 1.10 bits per heavy atom. The minimum Gasteiger partial charge on any atom is -0.354 e. The van der Waals surface area contributed by atoms with Crippen LogP contribution in [0.3, 0.4) is 0 Å². The molecule has 1 N–H and O–H groups in total. The van der Waals surface area contributed by atoms with Crippen molar-refractivity contribution in [3.63, 3.8) is 0 Å². The van der Waals surface area contributed by atoms with Gasteiger partial charge in [0.15, 0.2) is 0 Å². The van der Waals surface area contributed by atoms with E-state index in [0.717, 1.165) is 9.80 Å². The molecule has 29 heavy (non-hydrogen) atoms. The van der Waals surface area contributed by atoms with E-state index in [0.29, 0.717) is 17.3 Å². The summed E-state index contributed by atoms with van der Waals surface area (Å²) in [6.07, 6.45) is -4.24. The van der Waals surface area contributed by atoms with E-state index in [4.69, 9.17) is 0 Å². The molecule has 0 spiro atoms. The molecule has 0 radical (unpaired) electrons. The molecule has 0 aliphatic carbocycles. The quantitative estimate of drug-likeness (QED) is 0.674. The highest BCUT2D eigenvalue weighted by Gasteiger charge is 2.43. The van der Waals surface area contributed by atoms with E-state index in [1.165, 1.54) is 12.1 Å². The number of piperidine rings is 1. The Bertz CT molecular complexity index is 866. The summed E-state index contributed by atoms with van der Waals surface area (Å²) in [6.45, 7) is -0.310. The standard InChI is InChI=1S/C18H17BrF3N3O4/c19-11-1-2-12-13(7-11)16(28)25(15(12)27)9-14(26)23-8-10-3-5-24(6-4-10)17(29)18(20,21)22/h1-2,7,10H,3-6,8-9H2,(H,23,26). The van der Waals surface area contributed by atoms with Gasteiger partial charge in [-0.05, 0) is 37.0 Å². The van der Waals surface area contributed by atoms with E-state index in [2.05, 4.69) is 21.2 Å². The molecule has 4 amide bonds. The normalized spacial score (nSPS) is 17.5. The van der Waals surface area contributed by atoms with Crippen molar-refractivity contribution in [2.75, 3.05) is 26.2 Å². The van der Waals surface area contributed by atoms with Crippen LogP contribution in [0.15, 0.2) is 22.7 Å². The second kappa shape index (κ2) is 8.13. The third-order valence-corrected chi connectivity index (χ3v) is 5.46. The molecule has 1 aromatic rings. The van der Waals surface area contributed by atoms with Crippen molar-refractivity contribution in [3.8, 4) is 0 Å². The molecule has 2 heterocycles. The van der Waals surface area contributed by atoms with Crippen LogP contribution in [0.25, 0.3) is 0 Å². The maximum absolute atomic E-state index is 12.5. The second-order valence-corrected chi connectivity index (χ2v) is 7.84. The Hall–Kier alpha value is -2.43. The predicted octanol–water partition coefficient (Wildman–Crippen LogP) is 1.96. The van der Waals surface area contributed by atoms with Gasteiger partial charge in [0.2, 0.25) is 5.91 Å². The van der Waals surface area contributed by atoms with Gasteiger partial charge < -0.3 is 10.2 Å². The topological polar surface area (TPSA) is 86.8 Å². The number of hydrogen-bond acceptors (Lipinski definition) is 4. The average molecular weight is 476 g/mol. The zero-order chi connectivity index (χ0) is 21.3. The zero-order valence-electron chi connectivity index (χ0n) is 15.1. The fourth-order valence-corrected chi connectivity index (χ4v) is 3.74. The number of nitrogens with zero attached hydrogens (tertiary/aromatic N) is 2. The first-order valence-corrected chi connectivity index (χ1v) is 9.65. The summed E-state index contributed by atoms with van der Waals surface area (Å²) in [4.78, 5) is 49.7. The number of halogens is 4. The Balaban J connectivity index is 1.47. The lowest BCUT2D eigenvalue weighted by molar-refractivity contribution is -0.186. The summed E-state index contributed by atoms with van der Waals surface area (Å²) in [6, 6.07) is 4.65. The fraction of sp³-hybridized carbons (Fsp3) is 0.444. The second-order valence-electron chi connectivity index (χ2n) is 6.92. The van der Waals surface area contributed by atoms with Crippen molar-refractivity contribution >= 4 is 39.6 Å². The molecule has 3 rings (SSSR count). The molecule has 156 valence electrons. The lowest BCUT2D eigenvalue weighted by atomic mass is 9.96. The first kappa shape index (κ1) is 21.3. The highest BCUT2D eigenvalue weighted by molar-refractivity contribution is 9.10. The minimum atomic E-state index is -4.89. The van der Waals surface area contributed by atoms with E-state index in [-0.39, 0.29) is 36.7 Å². The molecule has 2 aliphatic rings. The number of carbonyl (C=O) groups excluding carboxylic acids is 4. The third-order valence-electron chi connectivity index (χ3n) is 4.97. The van der Waals surface area contributed by atoms with Gasteiger partial charge >= 0.3 is 12.1 Å². The van der Waals surface area contributed by atoms with Crippen molar-refractivity contribution in [2.24, 2.45) is 5.92 Å². The molecule has 2 aliphatic heterocycles. The predicted molar refractivity (Wildman–Crippen MR) is 97.9 cm³/mol. The van der Waals surface area contributed by atoms with Crippen molar-refractivity contribution < 1.29 is 32.3 Å². The fourth-order valence-electron chi connectivity index (χ4n) is 3.38. The van der Waals surface area contributed by atoms with Crippen molar-refractivity contribution in [1.82, 2.24) is 15.1 Å². The number of hydrogen-bond donors (Lipinski definition) is 1. The van der Waals surface area contributed by atoms with E-state index >= 15 is 0 Å². The number of alkyl halides is 3. The molecule has 1 saturated heterocycles. The molecular weight excluding hydrogens is 459 g/mol. The van der Waals surface area contributed by atoms with Crippen molar-refractivity contribution in [1.29, 1.82) is 0 Å². The van der Waals surface area contributed by atoms with Crippen LogP contribution in [0.4, 0.5) is 13.2 Å². The maximum atomic E-state index is 12.5. The number of nitrogens with one attached hydrogen (secondary N) is 1. The van der Waals surface area contributed by atoms with Crippen molar-refractivity contribution in [2.45, 2.75) is 19.0 Å². The first-order valence-electron chi connectivity index (χ1n) is 8.86. The summed E-state index contributed by atoms with van der Waals surface area (Å²) in [7, 11) is 0. The van der Waals surface area contributed by atoms with E-state index in [1.54, 1.807) is 6.07 Å². The van der Waals surface area contributed by atoms with E-state index in [9.17, 15) is 32.3 Å². The van der Waals surface area contributed by atoms with E-state index < -0.39 is 36.3 Å². The zero-order valence-corrected chi connectivity index (χ0v) is 16.7. The number of benzene rings is 1. The molecule has 7 nitrogen and oxygen atoms in total. The number of fused-ring (bicyclic) bond motifs is 1. The molecule has 0 bridgehead atoms. The molecule has 0 atom stereocenters. The van der Waals surface area contributed by atoms with Crippen LogP contribution in [0, 0.1) is 5.92 Å². The Labute approximate surface area is 172 Å². The lowest BCUT2D eigenvalue weighted by Gasteiger charge is -2.32. The summed E-state index contributed by atoms with van der Waals surface area (Å²) in [5.74, 6) is -3.58. The highest BCUT2D eigenvalue weighted by atomic mass is 79.9. The van der Waals surface area contributed by atoms with Crippen LogP contribution in [0.1, 0.15) is 33.6 Å². The third kappa shape index (κ3) is 4.60. The molecule has 0 unspecified atom stereocenters. The summed E-state index contributed by atoms with van der Waals surface area (Å²) in [5, 5.41) is 2.61. The van der Waals surface area contributed by atoms with Gasteiger partial charge in [0.05, 0.1) is 11.1 Å². The van der Waals surface area contributed by atoms with Crippen LogP contribution >= 0.6 is 15.9 Å². The monoisotopic (exact) mass is 475 g/mol.